The van der Waals surface area contributed by atoms with Crippen LogP contribution in [0.3, 0.4) is 0 Å². The van der Waals surface area contributed by atoms with E-state index in [0.29, 0.717) is 17.7 Å². The number of nitrogens with zero attached hydrogens (tertiary/aromatic N) is 1. The Kier molecular flexibility index (Phi) is 3.45. The van der Waals surface area contributed by atoms with Gasteiger partial charge >= 0.3 is 0 Å². The van der Waals surface area contributed by atoms with Gasteiger partial charge < -0.3 is 4.90 Å². The van der Waals surface area contributed by atoms with Crippen molar-refractivity contribution in [2.75, 3.05) is 11.4 Å². The second kappa shape index (κ2) is 5.28. The van der Waals surface area contributed by atoms with Gasteiger partial charge in [-0.3, -0.25) is 4.79 Å². The summed E-state index contributed by atoms with van der Waals surface area (Å²) >= 11 is 0. The number of hydrogen-bond donors (Lipinski definition) is 0. The van der Waals surface area contributed by atoms with Crippen molar-refractivity contribution in [2.45, 2.75) is 19.9 Å². The van der Waals surface area contributed by atoms with Gasteiger partial charge in [-0.05, 0) is 43.2 Å². The van der Waals surface area contributed by atoms with Crippen LogP contribution in [0.1, 0.15) is 28.4 Å². The summed E-state index contributed by atoms with van der Waals surface area (Å²) in [5.74, 6) is -1.05. The Morgan fingerprint density at radius 1 is 1.19 bits per heavy atom. The summed E-state index contributed by atoms with van der Waals surface area (Å²) in [6.07, 6.45) is 0.833. The summed E-state index contributed by atoms with van der Waals surface area (Å²) in [5, 5.41) is 0. The van der Waals surface area contributed by atoms with E-state index in [4.69, 9.17) is 0 Å². The van der Waals surface area contributed by atoms with Gasteiger partial charge in [-0.25, -0.2) is 8.78 Å². The normalized spacial score (nSPS) is 13.4. The highest BCUT2D eigenvalue weighted by atomic mass is 19.1. The zero-order valence-electron chi connectivity index (χ0n) is 11.7. The molecule has 0 aliphatic carbocycles. The number of hydrogen-bond acceptors (Lipinski definition) is 2. The molecule has 0 saturated heterocycles. The summed E-state index contributed by atoms with van der Waals surface area (Å²) in [6, 6.07) is 9.26. The van der Waals surface area contributed by atoms with Gasteiger partial charge in [-0.1, -0.05) is 6.07 Å². The number of Topliss-reactive ketones (excluding diaryl/α,β-unsaturated/α-hetero) is 1. The number of rotatable bonds is 3. The van der Waals surface area contributed by atoms with Crippen LogP contribution in [0.4, 0.5) is 14.5 Å². The fourth-order valence-corrected chi connectivity index (χ4v) is 2.71. The minimum atomic E-state index is -0.566. The molecule has 0 N–H and O–H groups in total. The first-order valence-corrected chi connectivity index (χ1v) is 6.87. The maximum absolute atomic E-state index is 13.7. The van der Waals surface area contributed by atoms with E-state index in [-0.39, 0.29) is 5.78 Å². The molecular formula is C17H15F2NO. The lowest BCUT2D eigenvalue weighted by Gasteiger charge is -2.20. The van der Waals surface area contributed by atoms with Crippen LogP contribution in [0.15, 0.2) is 36.4 Å². The van der Waals surface area contributed by atoms with E-state index in [1.807, 2.05) is 12.1 Å². The van der Waals surface area contributed by atoms with Crippen LogP contribution < -0.4 is 4.90 Å². The van der Waals surface area contributed by atoms with E-state index in [0.717, 1.165) is 30.3 Å². The number of halogens is 2. The molecule has 0 saturated carbocycles. The van der Waals surface area contributed by atoms with Crippen molar-refractivity contribution < 1.29 is 13.6 Å². The van der Waals surface area contributed by atoms with Gasteiger partial charge in [0.05, 0.1) is 0 Å². The minimum Gasteiger partial charge on any atom is -0.367 e. The van der Waals surface area contributed by atoms with Crippen LogP contribution in [0.2, 0.25) is 0 Å². The van der Waals surface area contributed by atoms with Gasteiger partial charge in [0.2, 0.25) is 0 Å². The summed E-state index contributed by atoms with van der Waals surface area (Å²) in [5.41, 5.74) is 3.29. The average Bonchev–Trinajstić information content (AvgIpc) is 2.84. The second-order valence-corrected chi connectivity index (χ2v) is 5.31. The Balaban J connectivity index is 1.86. The standard InChI is InChI=1S/C17H15F2NO/c1-11(21)12-3-5-17-13(8-12)6-7-20(17)10-14-2-4-15(18)9-16(14)19/h2-5,8-9H,6-7,10H2,1H3. The maximum Gasteiger partial charge on any atom is 0.159 e. The van der Waals surface area contributed by atoms with Gasteiger partial charge in [0.15, 0.2) is 5.78 Å². The molecule has 0 fully saturated rings. The van der Waals surface area contributed by atoms with Crippen molar-refractivity contribution >= 4 is 11.5 Å². The summed E-state index contributed by atoms with van der Waals surface area (Å²) in [4.78, 5) is 13.4. The second-order valence-electron chi connectivity index (χ2n) is 5.31. The first kappa shape index (κ1) is 13.7. The third-order valence-corrected chi connectivity index (χ3v) is 3.85. The number of anilines is 1. The van der Waals surface area contributed by atoms with Gasteiger partial charge in [0.25, 0.3) is 0 Å². The van der Waals surface area contributed by atoms with Crippen LogP contribution >= 0.6 is 0 Å². The predicted octanol–water partition coefficient (Wildman–Crippen LogP) is 3.73. The molecule has 4 heteroatoms. The third-order valence-electron chi connectivity index (χ3n) is 3.85. The van der Waals surface area contributed by atoms with E-state index in [9.17, 15) is 13.6 Å². The Labute approximate surface area is 122 Å². The SMILES string of the molecule is CC(=O)c1ccc2c(c1)CCN2Cc1ccc(F)cc1F. The molecule has 0 amide bonds. The number of benzene rings is 2. The van der Waals surface area contributed by atoms with Crippen LogP contribution in [-0.2, 0) is 13.0 Å². The molecule has 21 heavy (non-hydrogen) atoms. The van der Waals surface area contributed by atoms with Gasteiger partial charge in [-0.15, -0.1) is 0 Å². The van der Waals surface area contributed by atoms with Gasteiger partial charge in [0, 0.05) is 36.0 Å². The number of fused-ring (bicyclic) bond motifs is 1. The van der Waals surface area contributed by atoms with Crippen molar-refractivity contribution in [3.8, 4) is 0 Å². The zero-order chi connectivity index (χ0) is 15.0. The predicted molar refractivity (Wildman–Crippen MR) is 77.6 cm³/mol. The lowest BCUT2D eigenvalue weighted by Crippen LogP contribution is -2.20. The Hall–Kier alpha value is -2.23. The highest BCUT2D eigenvalue weighted by molar-refractivity contribution is 5.94. The van der Waals surface area contributed by atoms with E-state index >= 15 is 0 Å². The average molecular weight is 287 g/mol. The molecule has 2 aromatic rings. The Bertz CT molecular complexity index is 712. The molecule has 0 aromatic heterocycles. The zero-order valence-corrected chi connectivity index (χ0v) is 11.7. The van der Waals surface area contributed by atoms with E-state index in [1.165, 1.54) is 12.1 Å². The van der Waals surface area contributed by atoms with Gasteiger partial charge in [-0.2, -0.15) is 0 Å². The molecule has 1 aliphatic heterocycles. The molecule has 1 heterocycles. The molecule has 0 bridgehead atoms. The van der Waals surface area contributed by atoms with E-state index in [2.05, 4.69) is 4.90 Å². The topological polar surface area (TPSA) is 20.3 Å². The van der Waals surface area contributed by atoms with Crippen LogP contribution in [0, 0.1) is 11.6 Å². The van der Waals surface area contributed by atoms with Crippen molar-refractivity contribution in [1.29, 1.82) is 0 Å². The molecule has 0 radical (unpaired) electrons. The molecule has 1 aliphatic rings. The van der Waals surface area contributed by atoms with E-state index < -0.39 is 11.6 Å². The number of ketones is 1. The molecule has 0 atom stereocenters. The molecule has 108 valence electrons. The highest BCUT2D eigenvalue weighted by Gasteiger charge is 2.21. The van der Waals surface area contributed by atoms with Crippen molar-refractivity contribution in [1.82, 2.24) is 0 Å². The van der Waals surface area contributed by atoms with Gasteiger partial charge in [0.1, 0.15) is 11.6 Å². The first-order valence-electron chi connectivity index (χ1n) is 6.87. The quantitative estimate of drug-likeness (QED) is 0.802. The molecular weight excluding hydrogens is 272 g/mol. The third kappa shape index (κ3) is 2.66. The molecule has 0 unspecified atom stereocenters. The Morgan fingerprint density at radius 3 is 2.71 bits per heavy atom. The monoisotopic (exact) mass is 287 g/mol. The molecule has 2 aromatic carbocycles. The largest absolute Gasteiger partial charge is 0.367 e. The van der Waals surface area contributed by atoms with E-state index in [1.54, 1.807) is 13.0 Å². The molecule has 2 nitrogen and oxygen atoms in total. The highest BCUT2D eigenvalue weighted by Crippen LogP contribution is 2.30. The van der Waals surface area contributed by atoms with Crippen LogP contribution in [0.25, 0.3) is 0 Å². The summed E-state index contributed by atoms with van der Waals surface area (Å²) in [7, 11) is 0. The fraction of sp³-hybridized carbons (Fsp3) is 0.235. The maximum atomic E-state index is 13.7. The Morgan fingerprint density at radius 2 is 2.00 bits per heavy atom. The minimum absolute atomic E-state index is 0.0424. The van der Waals surface area contributed by atoms with Crippen LogP contribution in [-0.4, -0.2) is 12.3 Å². The fourth-order valence-electron chi connectivity index (χ4n) is 2.71. The summed E-state index contributed by atoms with van der Waals surface area (Å²) < 4.78 is 26.7. The molecule has 3 rings (SSSR count). The summed E-state index contributed by atoms with van der Waals surface area (Å²) in [6.45, 7) is 2.72. The van der Waals surface area contributed by atoms with Crippen molar-refractivity contribution in [3.63, 3.8) is 0 Å². The number of carbonyl (C=O) groups is 1. The smallest absolute Gasteiger partial charge is 0.159 e. The van der Waals surface area contributed by atoms with Crippen molar-refractivity contribution in [2.24, 2.45) is 0 Å². The lowest BCUT2D eigenvalue weighted by atomic mass is 10.1. The molecule has 0 spiro atoms. The van der Waals surface area contributed by atoms with Crippen molar-refractivity contribution in [3.05, 3.63) is 64.7 Å². The number of carbonyl (C=O) groups excluding carboxylic acids is 1. The first-order chi connectivity index (χ1) is 10.0. The lowest BCUT2D eigenvalue weighted by molar-refractivity contribution is 0.101. The van der Waals surface area contributed by atoms with Crippen LogP contribution in [0.5, 0.6) is 0 Å².